The summed E-state index contributed by atoms with van der Waals surface area (Å²) < 4.78 is 26.3. The minimum Gasteiger partial charge on any atom is -0.480 e. The topological polar surface area (TPSA) is 120 Å². The van der Waals surface area contributed by atoms with Gasteiger partial charge in [0.15, 0.2) is 5.11 Å². The van der Waals surface area contributed by atoms with Crippen LogP contribution in [0.2, 0.25) is 0 Å². The number of nitrogens with one attached hydrogen (secondary N) is 3. The monoisotopic (exact) mass is 384 g/mol. The lowest BCUT2D eigenvalue weighted by Crippen LogP contribution is -2.38. The molecule has 0 unspecified atom stereocenters. The van der Waals surface area contributed by atoms with E-state index in [0.717, 1.165) is 0 Å². The average molecular weight is 384 g/mol. The van der Waals surface area contributed by atoms with Gasteiger partial charge in [-0.05, 0) is 43.8 Å². The van der Waals surface area contributed by atoms with E-state index in [1.54, 1.807) is 25.1 Å². The number of hydrogen-bond donors (Lipinski definition) is 4. The van der Waals surface area contributed by atoms with Crippen molar-refractivity contribution in [2.75, 3.05) is 6.54 Å². The molecule has 10 heteroatoms. The number of nitrogens with zero attached hydrogens (tertiary/aromatic N) is 1. The molecule has 1 rings (SSSR count). The molecule has 0 saturated carbocycles. The van der Waals surface area contributed by atoms with Crippen molar-refractivity contribution >= 4 is 39.0 Å². The summed E-state index contributed by atoms with van der Waals surface area (Å²) in [6.45, 7) is 7.05. The molecule has 8 nitrogen and oxygen atoms in total. The van der Waals surface area contributed by atoms with Gasteiger partial charge in [0.1, 0.15) is 6.04 Å². The normalized spacial score (nSPS) is 13.0. The minimum atomic E-state index is -3.91. The van der Waals surface area contributed by atoms with Gasteiger partial charge < -0.3 is 10.4 Å². The molecule has 0 spiro atoms. The molecule has 0 bridgehead atoms. The predicted molar refractivity (Wildman–Crippen MR) is 100 cm³/mol. The quantitative estimate of drug-likeness (QED) is 0.227. The van der Waals surface area contributed by atoms with Crippen molar-refractivity contribution in [1.29, 1.82) is 0 Å². The molecule has 4 N–H and O–H groups in total. The second-order valence-corrected chi connectivity index (χ2v) is 7.14. The highest BCUT2D eigenvalue weighted by atomic mass is 32.2. The second-order valence-electron chi connectivity index (χ2n) is 5.01. The summed E-state index contributed by atoms with van der Waals surface area (Å²) >= 11 is 5.01. The first kappa shape index (κ1) is 20.7. The van der Waals surface area contributed by atoms with Crippen LogP contribution in [0.3, 0.4) is 0 Å². The van der Waals surface area contributed by atoms with E-state index in [-0.39, 0.29) is 4.90 Å². The standard InChI is InChI=1S/C15H20N4O4S2/c1-4-9-16-15(24)18-17-10(2)12-5-7-13(8-6-12)25(22,23)19-11(3)14(20)21/h4-8,11,19H,1,9H2,2-3H3,(H,20,21)(H2,16,18,24)/b17-10-/t11-/m0/s1. The Hall–Kier alpha value is -2.30. The molecular weight excluding hydrogens is 364 g/mol. The molecule has 0 aliphatic carbocycles. The Labute approximate surface area is 152 Å². The first-order valence-corrected chi connectivity index (χ1v) is 9.11. The summed E-state index contributed by atoms with van der Waals surface area (Å²) in [5, 5.41) is 16.1. The molecule has 0 saturated heterocycles. The fourth-order valence-corrected chi connectivity index (χ4v) is 2.96. The number of hydrazone groups is 1. The van der Waals surface area contributed by atoms with E-state index in [1.165, 1.54) is 19.1 Å². The van der Waals surface area contributed by atoms with E-state index in [2.05, 4.69) is 27.1 Å². The van der Waals surface area contributed by atoms with Gasteiger partial charge in [-0.25, -0.2) is 8.42 Å². The van der Waals surface area contributed by atoms with Gasteiger partial charge in [0.05, 0.1) is 10.6 Å². The van der Waals surface area contributed by atoms with Gasteiger partial charge in [0.25, 0.3) is 0 Å². The number of aliphatic carboxylic acids is 1. The Morgan fingerprint density at radius 1 is 1.40 bits per heavy atom. The number of sulfonamides is 1. The third-order valence-corrected chi connectivity index (χ3v) is 4.81. The number of thiocarbonyl (C=S) groups is 1. The summed E-state index contributed by atoms with van der Waals surface area (Å²) in [5.41, 5.74) is 3.94. The van der Waals surface area contributed by atoms with Crippen LogP contribution >= 0.6 is 12.2 Å². The van der Waals surface area contributed by atoms with Crippen LogP contribution < -0.4 is 15.5 Å². The van der Waals surface area contributed by atoms with Crippen molar-refractivity contribution in [3.63, 3.8) is 0 Å². The fraction of sp³-hybridized carbons (Fsp3) is 0.267. The summed E-state index contributed by atoms with van der Waals surface area (Å²) in [7, 11) is -3.91. The molecule has 25 heavy (non-hydrogen) atoms. The summed E-state index contributed by atoms with van der Waals surface area (Å²) in [6, 6.07) is 4.67. The van der Waals surface area contributed by atoms with Crippen molar-refractivity contribution in [1.82, 2.24) is 15.5 Å². The molecule has 0 amide bonds. The van der Waals surface area contributed by atoms with Crippen LogP contribution in [0.25, 0.3) is 0 Å². The largest absolute Gasteiger partial charge is 0.480 e. The molecule has 0 heterocycles. The molecule has 0 fully saturated rings. The maximum Gasteiger partial charge on any atom is 0.321 e. The number of carboxylic acids is 1. The minimum absolute atomic E-state index is 0.0340. The van der Waals surface area contributed by atoms with Crippen LogP contribution in [0.5, 0.6) is 0 Å². The highest BCUT2D eigenvalue weighted by Gasteiger charge is 2.21. The number of benzene rings is 1. The summed E-state index contributed by atoms with van der Waals surface area (Å²) in [4.78, 5) is 10.7. The Kier molecular flexibility index (Phi) is 7.68. The Morgan fingerprint density at radius 3 is 2.52 bits per heavy atom. The number of carbonyl (C=O) groups is 1. The average Bonchev–Trinajstić information content (AvgIpc) is 2.57. The highest BCUT2D eigenvalue weighted by molar-refractivity contribution is 7.89. The van der Waals surface area contributed by atoms with Crippen molar-refractivity contribution in [2.24, 2.45) is 5.10 Å². The molecule has 0 radical (unpaired) electrons. The van der Waals surface area contributed by atoms with Crippen LogP contribution in [0.15, 0.2) is 46.9 Å². The van der Waals surface area contributed by atoms with Gasteiger partial charge in [0, 0.05) is 6.54 Å². The van der Waals surface area contributed by atoms with Crippen LogP contribution in [-0.2, 0) is 14.8 Å². The van der Waals surface area contributed by atoms with Crippen LogP contribution in [-0.4, -0.2) is 42.9 Å². The van der Waals surface area contributed by atoms with E-state index in [4.69, 9.17) is 17.3 Å². The third-order valence-electron chi connectivity index (χ3n) is 3.02. The van der Waals surface area contributed by atoms with Crippen molar-refractivity contribution in [3.05, 3.63) is 42.5 Å². The molecule has 136 valence electrons. The van der Waals surface area contributed by atoms with Crippen molar-refractivity contribution in [3.8, 4) is 0 Å². The Balaban J connectivity index is 2.83. The summed E-state index contributed by atoms with van der Waals surface area (Å²) in [6.07, 6.45) is 1.66. The number of carboxylic acid groups (broad SMARTS) is 1. The van der Waals surface area contributed by atoms with E-state index < -0.39 is 22.0 Å². The lowest BCUT2D eigenvalue weighted by Gasteiger charge is -2.11. The molecule has 0 aliphatic heterocycles. The van der Waals surface area contributed by atoms with Gasteiger partial charge in [-0.1, -0.05) is 18.2 Å². The molecule has 0 aromatic heterocycles. The summed E-state index contributed by atoms with van der Waals surface area (Å²) in [5.74, 6) is -1.25. The molecule has 1 aromatic rings. The third kappa shape index (κ3) is 6.61. The maximum absolute atomic E-state index is 12.1. The first-order valence-electron chi connectivity index (χ1n) is 7.22. The smallest absolute Gasteiger partial charge is 0.321 e. The molecule has 1 atom stereocenters. The van der Waals surface area contributed by atoms with E-state index in [0.29, 0.717) is 22.9 Å². The van der Waals surface area contributed by atoms with Crippen LogP contribution in [0.4, 0.5) is 0 Å². The first-order chi connectivity index (χ1) is 11.7. The number of hydrogen-bond acceptors (Lipinski definition) is 5. The van der Waals surface area contributed by atoms with Gasteiger partial charge in [-0.3, -0.25) is 10.2 Å². The lowest BCUT2D eigenvalue weighted by molar-refractivity contribution is -0.138. The molecule has 1 aromatic carbocycles. The zero-order chi connectivity index (χ0) is 19.0. The molecular formula is C15H20N4O4S2. The van der Waals surface area contributed by atoms with Crippen LogP contribution in [0, 0.1) is 0 Å². The van der Waals surface area contributed by atoms with E-state index in [1.807, 2.05) is 0 Å². The van der Waals surface area contributed by atoms with E-state index in [9.17, 15) is 13.2 Å². The van der Waals surface area contributed by atoms with Gasteiger partial charge in [-0.2, -0.15) is 9.82 Å². The lowest BCUT2D eigenvalue weighted by atomic mass is 10.1. The highest BCUT2D eigenvalue weighted by Crippen LogP contribution is 2.12. The van der Waals surface area contributed by atoms with Gasteiger partial charge in [-0.15, -0.1) is 6.58 Å². The van der Waals surface area contributed by atoms with Crippen LogP contribution in [0.1, 0.15) is 19.4 Å². The SMILES string of the molecule is C=CCNC(=S)N/N=C(/C)c1ccc(S(=O)(=O)N[C@@H](C)C(=O)O)cc1. The van der Waals surface area contributed by atoms with Crippen molar-refractivity contribution < 1.29 is 18.3 Å². The van der Waals surface area contributed by atoms with Crippen molar-refractivity contribution in [2.45, 2.75) is 24.8 Å². The zero-order valence-corrected chi connectivity index (χ0v) is 15.4. The Bertz CT molecular complexity index is 773. The molecule has 0 aliphatic rings. The predicted octanol–water partition coefficient (Wildman–Crippen LogP) is 0.812. The zero-order valence-electron chi connectivity index (χ0n) is 13.8. The van der Waals surface area contributed by atoms with E-state index >= 15 is 0 Å². The van der Waals surface area contributed by atoms with Gasteiger partial charge >= 0.3 is 5.97 Å². The fourth-order valence-electron chi connectivity index (χ4n) is 1.63. The second kappa shape index (κ2) is 9.25. The Morgan fingerprint density at radius 2 is 2.00 bits per heavy atom. The van der Waals surface area contributed by atoms with Gasteiger partial charge in [0.2, 0.25) is 10.0 Å². The maximum atomic E-state index is 12.1. The number of rotatable bonds is 8.